The molecular formula is C16H18N2O2S. The number of rotatable bonds is 7. The van der Waals surface area contributed by atoms with Crippen molar-refractivity contribution in [3.8, 4) is 0 Å². The van der Waals surface area contributed by atoms with E-state index in [1.54, 1.807) is 11.4 Å². The first-order chi connectivity index (χ1) is 10.3. The summed E-state index contributed by atoms with van der Waals surface area (Å²) in [6.07, 6.45) is 1.11. The van der Waals surface area contributed by atoms with Gasteiger partial charge in [-0.15, -0.1) is 0 Å². The van der Waals surface area contributed by atoms with E-state index in [1.165, 1.54) is 16.9 Å². The van der Waals surface area contributed by atoms with Gasteiger partial charge in [-0.1, -0.05) is 30.3 Å². The highest BCUT2D eigenvalue weighted by Gasteiger charge is 2.06. The van der Waals surface area contributed by atoms with E-state index in [9.17, 15) is 9.59 Å². The lowest BCUT2D eigenvalue weighted by Crippen LogP contribution is -2.31. The topological polar surface area (TPSA) is 58.2 Å². The Morgan fingerprint density at radius 3 is 2.52 bits per heavy atom. The predicted octanol–water partition coefficient (Wildman–Crippen LogP) is 2.23. The molecule has 2 amide bonds. The Hall–Kier alpha value is -2.14. The highest BCUT2D eigenvalue weighted by molar-refractivity contribution is 7.08. The summed E-state index contributed by atoms with van der Waals surface area (Å²) >= 11 is 1.48. The van der Waals surface area contributed by atoms with Gasteiger partial charge in [-0.3, -0.25) is 9.59 Å². The van der Waals surface area contributed by atoms with Crippen LogP contribution in [0.15, 0.2) is 47.2 Å². The first-order valence-electron chi connectivity index (χ1n) is 6.87. The number of amides is 2. The van der Waals surface area contributed by atoms with Gasteiger partial charge >= 0.3 is 0 Å². The zero-order valence-electron chi connectivity index (χ0n) is 11.7. The molecule has 2 rings (SSSR count). The fourth-order valence-electron chi connectivity index (χ4n) is 1.86. The summed E-state index contributed by atoms with van der Waals surface area (Å²) in [5.74, 6) is -0.176. The molecule has 5 heteroatoms. The molecule has 0 radical (unpaired) electrons. The molecule has 0 saturated heterocycles. The maximum atomic E-state index is 11.7. The summed E-state index contributed by atoms with van der Waals surface area (Å²) in [5, 5.41) is 9.22. The number of carbonyl (C=O) groups is 2. The summed E-state index contributed by atoms with van der Waals surface area (Å²) in [5.41, 5.74) is 1.84. The molecule has 2 N–H and O–H groups in total. The molecule has 0 atom stereocenters. The van der Waals surface area contributed by atoms with E-state index in [0.29, 0.717) is 25.1 Å². The quantitative estimate of drug-likeness (QED) is 0.824. The first kappa shape index (κ1) is 15.3. The lowest BCUT2D eigenvalue weighted by atomic mass is 10.1. The number of nitrogens with one attached hydrogen (secondary N) is 2. The number of benzene rings is 1. The normalized spacial score (nSPS) is 10.1. The van der Waals surface area contributed by atoms with Gasteiger partial charge in [-0.25, -0.2) is 0 Å². The van der Waals surface area contributed by atoms with E-state index < -0.39 is 0 Å². The summed E-state index contributed by atoms with van der Waals surface area (Å²) in [7, 11) is 0. The fourth-order valence-corrected chi connectivity index (χ4v) is 2.50. The Labute approximate surface area is 128 Å². The van der Waals surface area contributed by atoms with Crippen molar-refractivity contribution in [1.82, 2.24) is 10.6 Å². The molecule has 0 unspecified atom stereocenters. The van der Waals surface area contributed by atoms with Crippen molar-refractivity contribution in [2.45, 2.75) is 12.8 Å². The molecule has 4 nitrogen and oxygen atoms in total. The van der Waals surface area contributed by atoms with Crippen LogP contribution in [0, 0.1) is 0 Å². The second-order valence-electron chi connectivity index (χ2n) is 4.60. The van der Waals surface area contributed by atoms with Crippen LogP contribution in [-0.4, -0.2) is 24.9 Å². The van der Waals surface area contributed by atoms with E-state index in [1.807, 2.05) is 35.7 Å². The van der Waals surface area contributed by atoms with Crippen molar-refractivity contribution in [2.24, 2.45) is 0 Å². The average Bonchev–Trinajstić information content (AvgIpc) is 3.02. The molecule has 0 spiro atoms. The van der Waals surface area contributed by atoms with E-state index in [2.05, 4.69) is 10.6 Å². The maximum Gasteiger partial charge on any atom is 0.252 e. The zero-order chi connectivity index (χ0) is 14.9. The molecule has 0 fully saturated rings. The van der Waals surface area contributed by atoms with Crippen molar-refractivity contribution in [1.29, 1.82) is 0 Å². The van der Waals surface area contributed by atoms with E-state index >= 15 is 0 Å². The number of thiophene rings is 1. The van der Waals surface area contributed by atoms with Crippen LogP contribution in [0.3, 0.4) is 0 Å². The van der Waals surface area contributed by atoms with E-state index in [4.69, 9.17) is 0 Å². The lowest BCUT2D eigenvalue weighted by Gasteiger charge is -2.06. The van der Waals surface area contributed by atoms with E-state index in [0.717, 1.165) is 6.42 Å². The number of carbonyl (C=O) groups excluding carboxylic acids is 2. The van der Waals surface area contributed by atoms with Crippen molar-refractivity contribution in [3.05, 3.63) is 58.3 Å². The molecule has 110 valence electrons. The van der Waals surface area contributed by atoms with Gasteiger partial charge in [-0.2, -0.15) is 11.3 Å². The molecule has 0 saturated carbocycles. The van der Waals surface area contributed by atoms with Crippen LogP contribution in [0.1, 0.15) is 22.3 Å². The van der Waals surface area contributed by atoms with Crippen LogP contribution in [0.4, 0.5) is 0 Å². The Bertz CT molecular complexity index is 567. The Morgan fingerprint density at radius 2 is 1.81 bits per heavy atom. The first-order valence-corrected chi connectivity index (χ1v) is 7.81. The van der Waals surface area contributed by atoms with Gasteiger partial charge in [0.05, 0.1) is 0 Å². The Morgan fingerprint density at radius 1 is 1.00 bits per heavy atom. The SMILES string of the molecule is O=C(CCNC(=O)c1ccsc1)NCCc1ccccc1. The Kier molecular flexibility index (Phi) is 5.97. The molecule has 21 heavy (non-hydrogen) atoms. The van der Waals surface area contributed by atoms with Crippen molar-refractivity contribution >= 4 is 23.2 Å². The van der Waals surface area contributed by atoms with E-state index in [-0.39, 0.29) is 11.8 Å². The lowest BCUT2D eigenvalue weighted by molar-refractivity contribution is -0.120. The summed E-state index contributed by atoms with van der Waals surface area (Å²) < 4.78 is 0. The standard InChI is InChI=1S/C16H18N2O2S/c19-15(17-9-6-13-4-2-1-3-5-13)7-10-18-16(20)14-8-11-21-12-14/h1-5,8,11-12H,6-7,9-10H2,(H,17,19)(H,18,20). The number of hydrogen-bond donors (Lipinski definition) is 2. The van der Waals surface area contributed by atoms with Crippen LogP contribution in [0.25, 0.3) is 0 Å². The van der Waals surface area contributed by atoms with Gasteiger partial charge in [0, 0.05) is 30.5 Å². The molecule has 2 aromatic rings. The van der Waals surface area contributed by atoms with Gasteiger partial charge < -0.3 is 10.6 Å². The average molecular weight is 302 g/mol. The summed E-state index contributed by atoms with van der Waals surface area (Å²) in [6.45, 7) is 0.965. The minimum absolute atomic E-state index is 0.0449. The Balaban J connectivity index is 1.58. The third-order valence-corrected chi connectivity index (χ3v) is 3.68. The third kappa shape index (κ3) is 5.39. The minimum Gasteiger partial charge on any atom is -0.356 e. The molecular weight excluding hydrogens is 284 g/mol. The van der Waals surface area contributed by atoms with Crippen molar-refractivity contribution in [3.63, 3.8) is 0 Å². The van der Waals surface area contributed by atoms with Crippen LogP contribution in [0.2, 0.25) is 0 Å². The van der Waals surface area contributed by atoms with Gasteiger partial charge in [0.25, 0.3) is 5.91 Å². The third-order valence-electron chi connectivity index (χ3n) is 3.00. The fraction of sp³-hybridized carbons (Fsp3) is 0.250. The van der Waals surface area contributed by atoms with Gasteiger partial charge in [0.15, 0.2) is 0 Å². The molecule has 0 bridgehead atoms. The smallest absolute Gasteiger partial charge is 0.252 e. The van der Waals surface area contributed by atoms with Gasteiger partial charge in [-0.05, 0) is 23.4 Å². The van der Waals surface area contributed by atoms with Crippen molar-refractivity contribution in [2.75, 3.05) is 13.1 Å². The summed E-state index contributed by atoms with van der Waals surface area (Å²) in [6, 6.07) is 11.8. The molecule has 0 aliphatic carbocycles. The molecule has 1 heterocycles. The minimum atomic E-state index is -0.131. The molecule has 0 aliphatic rings. The largest absolute Gasteiger partial charge is 0.356 e. The second-order valence-corrected chi connectivity index (χ2v) is 5.38. The van der Waals surface area contributed by atoms with Crippen LogP contribution in [-0.2, 0) is 11.2 Å². The van der Waals surface area contributed by atoms with Crippen LogP contribution >= 0.6 is 11.3 Å². The molecule has 1 aromatic carbocycles. The number of hydrogen-bond acceptors (Lipinski definition) is 3. The van der Waals surface area contributed by atoms with Gasteiger partial charge in [0.1, 0.15) is 0 Å². The summed E-state index contributed by atoms with van der Waals surface area (Å²) in [4.78, 5) is 23.3. The van der Waals surface area contributed by atoms with Crippen LogP contribution in [0.5, 0.6) is 0 Å². The molecule has 1 aromatic heterocycles. The highest BCUT2D eigenvalue weighted by atomic mass is 32.1. The molecule has 0 aliphatic heterocycles. The second kappa shape index (κ2) is 8.21. The van der Waals surface area contributed by atoms with Gasteiger partial charge in [0.2, 0.25) is 5.91 Å². The van der Waals surface area contributed by atoms with Crippen LogP contribution < -0.4 is 10.6 Å². The van der Waals surface area contributed by atoms with Crippen molar-refractivity contribution < 1.29 is 9.59 Å². The monoisotopic (exact) mass is 302 g/mol. The zero-order valence-corrected chi connectivity index (χ0v) is 12.5. The predicted molar refractivity (Wildman–Crippen MR) is 84.4 cm³/mol. The highest BCUT2D eigenvalue weighted by Crippen LogP contribution is 2.05. The maximum absolute atomic E-state index is 11.7.